The molecule has 0 amide bonds. The summed E-state index contributed by atoms with van der Waals surface area (Å²) in [6.07, 6.45) is 2.36. The van der Waals surface area contributed by atoms with Crippen LogP contribution in [-0.4, -0.2) is 40.4 Å². The number of aliphatic hydroxyl groups excluding tert-OH is 1. The molecule has 1 aliphatic rings. The third-order valence-electron chi connectivity index (χ3n) is 4.44. The third-order valence-corrected chi connectivity index (χ3v) is 4.44. The molecule has 2 N–H and O–H groups in total. The van der Waals surface area contributed by atoms with Gasteiger partial charge in [0.2, 0.25) is 0 Å². The molecule has 1 aromatic rings. The molecule has 0 saturated carbocycles. The van der Waals surface area contributed by atoms with Crippen molar-refractivity contribution in [2.45, 2.75) is 38.3 Å². The second-order valence-electron chi connectivity index (χ2n) is 5.65. The molecule has 19 heavy (non-hydrogen) atoms. The predicted octanol–water partition coefficient (Wildman–Crippen LogP) is 2.03. The van der Waals surface area contributed by atoms with Gasteiger partial charge in [0.05, 0.1) is 5.60 Å². The Morgan fingerprint density at radius 1 is 1.21 bits per heavy atom. The number of hydrogen-bond donors (Lipinski definition) is 2. The summed E-state index contributed by atoms with van der Waals surface area (Å²) in [5, 5.41) is 20.0. The molecule has 106 valence electrons. The zero-order chi connectivity index (χ0) is 13.7. The van der Waals surface area contributed by atoms with Gasteiger partial charge in [0.25, 0.3) is 0 Å². The Bertz CT molecular complexity index is 368. The molecule has 1 heterocycles. The number of nitrogens with zero attached hydrogens (tertiary/aromatic N) is 1. The van der Waals surface area contributed by atoms with E-state index in [1.165, 1.54) is 5.56 Å². The summed E-state index contributed by atoms with van der Waals surface area (Å²) in [4.78, 5) is 2.38. The standard InChI is InChI=1S/C16H25NO2/c1-2-15(13-18)16(19)8-10-17(11-9-16)12-14-6-4-3-5-7-14/h3-7,15,18-19H,2,8-13H2,1H3. The maximum Gasteiger partial charge on any atom is 0.0721 e. The Hall–Kier alpha value is -0.900. The van der Waals surface area contributed by atoms with Gasteiger partial charge in [-0.2, -0.15) is 0 Å². The summed E-state index contributed by atoms with van der Waals surface area (Å²) in [5.41, 5.74) is 0.651. The van der Waals surface area contributed by atoms with Gasteiger partial charge in [-0.05, 0) is 24.8 Å². The topological polar surface area (TPSA) is 43.7 Å². The third kappa shape index (κ3) is 3.56. The van der Waals surface area contributed by atoms with Crippen molar-refractivity contribution in [2.75, 3.05) is 19.7 Å². The number of likely N-dealkylation sites (tertiary alicyclic amines) is 1. The van der Waals surface area contributed by atoms with Gasteiger partial charge in [0.1, 0.15) is 0 Å². The van der Waals surface area contributed by atoms with Crippen molar-refractivity contribution in [3.8, 4) is 0 Å². The lowest BCUT2D eigenvalue weighted by Gasteiger charge is -2.42. The lowest BCUT2D eigenvalue weighted by molar-refractivity contribution is -0.0836. The Morgan fingerprint density at radius 3 is 2.37 bits per heavy atom. The molecule has 1 fully saturated rings. The summed E-state index contributed by atoms with van der Waals surface area (Å²) in [5.74, 6) is 0.0198. The van der Waals surface area contributed by atoms with Crippen molar-refractivity contribution in [1.29, 1.82) is 0 Å². The van der Waals surface area contributed by atoms with Gasteiger partial charge < -0.3 is 10.2 Å². The molecule has 0 spiro atoms. The molecule has 3 heteroatoms. The molecule has 0 aliphatic carbocycles. The van der Waals surface area contributed by atoms with Crippen LogP contribution in [0.3, 0.4) is 0 Å². The van der Waals surface area contributed by atoms with Crippen molar-refractivity contribution >= 4 is 0 Å². The van der Waals surface area contributed by atoms with E-state index in [0.717, 1.165) is 38.9 Å². The molecule has 3 nitrogen and oxygen atoms in total. The summed E-state index contributed by atoms with van der Waals surface area (Å²) >= 11 is 0. The summed E-state index contributed by atoms with van der Waals surface area (Å²) in [6, 6.07) is 10.4. The predicted molar refractivity (Wildman–Crippen MR) is 76.8 cm³/mol. The maximum absolute atomic E-state index is 10.6. The smallest absolute Gasteiger partial charge is 0.0721 e. The molecule has 1 saturated heterocycles. The first-order valence-electron chi connectivity index (χ1n) is 7.27. The van der Waals surface area contributed by atoms with Crippen molar-refractivity contribution in [2.24, 2.45) is 5.92 Å². The summed E-state index contributed by atoms with van der Waals surface area (Å²) < 4.78 is 0. The van der Waals surface area contributed by atoms with E-state index >= 15 is 0 Å². The Kier molecular flexibility index (Phi) is 4.97. The minimum atomic E-state index is -0.670. The van der Waals surface area contributed by atoms with Crippen molar-refractivity contribution in [3.63, 3.8) is 0 Å². The highest BCUT2D eigenvalue weighted by Crippen LogP contribution is 2.32. The summed E-state index contributed by atoms with van der Waals surface area (Å²) in [7, 11) is 0. The fraction of sp³-hybridized carbons (Fsp3) is 0.625. The molecule has 0 bridgehead atoms. The van der Waals surface area contributed by atoms with Gasteiger partial charge in [0, 0.05) is 32.2 Å². The van der Waals surface area contributed by atoms with Crippen LogP contribution in [-0.2, 0) is 6.54 Å². The van der Waals surface area contributed by atoms with Gasteiger partial charge in [-0.1, -0.05) is 37.3 Å². The monoisotopic (exact) mass is 263 g/mol. The first-order chi connectivity index (χ1) is 9.18. The zero-order valence-corrected chi connectivity index (χ0v) is 11.8. The van der Waals surface area contributed by atoms with Crippen LogP contribution >= 0.6 is 0 Å². The van der Waals surface area contributed by atoms with Gasteiger partial charge >= 0.3 is 0 Å². The van der Waals surface area contributed by atoms with Gasteiger partial charge in [0.15, 0.2) is 0 Å². The molecule has 0 aromatic heterocycles. The quantitative estimate of drug-likeness (QED) is 0.854. The number of aliphatic hydroxyl groups is 2. The highest BCUT2D eigenvalue weighted by Gasteiger charge is 2.38. The Balaban J connectivity index is 1.88. The molecule has 0 radical (unpaired) electrons. The van der Waals surface area contributed by atoms with E-state index in [-0.39, 0.29) is 12.5 Å². The highest BCUT2D eigenvalue weighted by molar-refractivity contribution is 5.14. The van der Waals surface area contributed by atoms with Gasteiger partial charge in [-0.25, -0.2) is 0 Å². The number of piperidine rings is 1. The van der Waals surface area contributed by atoms with Crippen LogP contribution in [0, 0.1) is 5.92 Å². The van der Waals surface area contributed by atoms with E-state index in [4.69, 9.17) is 0 Å². The van der Waals surface area contributed by atoms with E-state index in [2.05, 4.69) is 29.2 Å². The van der Waals surface area contributed by atoms with Gasteiger partial charge in [-0.15, -0.1) is 0 Å². The first kappa shape index (κ1) is 14.5. The number of rotatable bonds is 5. The maximum atomic E-state index is 10.6. The Morgan fingerprint density at radius 2 is 1.84 bits per heavy atom. The van der Waals surface area contributed by atoms with Crippen LogP contribution in [0.4, 0.5) is 0 Å². The van der Waals surface area contributed by atoms with Crippen molar-refractivity contribution < 1.29 is 10.2 Å². The highest BCUT2D eigenvalue weighted by atomic mass is 16.3. The van der Waals surface area contributed by atoms with Crippen molar-refractivity contribution in [1.82, 2.24) is 4.90 Å². The second kappa shape index (κ2) is 6.51. The van der Waals surface area contributed by atoms with Gasteiger partial charge in [-0.3, -0.25) is 4.90 Å². The molecular formula is C16H25NO2. The van der Waals surface area contributed by atoms with E-state index < -0.39 is 5.60 Å². The fourth-order valence-corrected chi connectivity index (χ4v) is 3.03. The van der Waals surface area contributed by atoms with Crippen LogP contribution in [0.5, 0.6) is 0 Å². The van der Waals surface area contributed by atoms with Crippen LogP contribution < -0.4 is 0 Å². The minimum Gasteiger partial charge on any atom is -0.396 e. The van der Waals surface area contributed by atoms with E-state index in [1.807, 2.05) is 13.0 Å². The SMILES string of the molecule is CCC(CO)C1(O)CCN(Cc2ccccc2)CC1. The lowest BCUT2D eigenvalue weighted by Crippen LogP contribution is -2.49. The number of hydrogen-bond acceptors (Lipinski definition) is 3. The van der Waals surface area contributed by atoms with E-state index in [1.54, 1.807) is 0 Å². The minimum absolute atomic E-state index is 0.0198. The molecule has 1 atom stereocenters. The Labute approximate surface area is 115 Å². The van der Waals surface area contributed by atoms with Crippen LogP contribution in [0.2, 0.25) is 0 Å². The van der Waals surface area contributed by atoms with Crippen LogP contribution in [0.15, 0.2) is 30.3 Å². The molecule has 2 rings (SSSR count). The summed E-state index contributed by atoms with van der Waals surface area (Å²) in [6.45, 7) is 4.89. The normalized spacial score (nSPS) is 21.2. The second-order valence-corrected chi connectivity index (χ2v) is 5.65. The molecule has 1 aliphatic heterocycles. The fourth-order valence-electron chi connectivity index (χ4n) is 3.03. The van der Waals surface area contributed by atoms with E-state index in [0.29, 0.717) is 0 Å². The van der Waals surface area contributed by atoms with E-state index in [9.17, 15) is 10.2 Å². The largest absolute Gasteiger partial charge is 0.396 e. The van der Waals surface area contributed by atoms with Crippen LogP contribution in [0.25, 0.3) is 0 Å². The number of benzene rings is 1. The average molecular weight is 263 g/mol. The van der Waals surface area contributed by atoms with Crippen LogP contribution in [0.1, 0.15) is 31.7 Å². The lowest BCUT2D eigenvalue weighted by atomic mass is 9.78. The zero-order valence-electron chi connectivity index (χ0n) is 11.8. The van der Waals surface area contributed by atoms with Crippen molar-refractivity contribution in [3.05, 3.63) is 35.9 Å². The average Bonchev–Trinajstić information content (AvgIpc) is 2.44. The molecule has 1 aromatic carbocycles. The molecule has 1 unspecified atom stereocenters. The molecular weight excluding hydrogens is 238 g/mol. The first-order valence-corrected chi connectivity index (χ1v) is 7.27.